The molecule has 0 radical (unpaired) electrons. The second-order valence-electron chi connectivity index (χ2n) is 8.84. The van der Waals surface area contributed by atoms with E-state index in [1.165, 1.54) is 0 Å². The molecule has 2 bridgehead atoms. The molecule has 3 rings (SSSR count). The second-order valence-corrected chi connectivity index (χ2v) is 8.84. The smallest absolute Gasteiger partial charge is 0.165 e. The lowest BCUT2D eigenvalue weighted by molar-refractivity contribution is -0.135. The summed E-state index contributed by atoms with van der Waals surface area (Å²) >= 11 is 0. The Balaban J connectivity index is 2.16. The first kappa shape index (κ1) is 16.2. The van der Waals surface area contributed by atoms with Gasteiger partial charge in [-0.15, -0.1) is 6.58 Å². The fourth-order valence-corrected chi connectivity index (χ4v) is 6.15. The van der Waals surface area contributed by atoms with Crippen molar-refractivity contribution >= 4 is 5.78 Å². The first-order valence-electron chi connectivity index (χ1n) is 8.66. The van der Waals surface area contributed by atoms with Crippen LogP contribution >= 0.6 is 0 Å². The minimum absolute atomic E-state index is 0.00817. The molecule has 0 heterocycles. The van der Waals surface area contributed by atoms with Gasteiger partial charge in [-0.25, -0.2) is 0 Å². The zero-order valence-electron chi connectivity index (χ0n) is 14.3. The molecule has 3 aliphatic rings. The van der Waals surface area contributed by atoms with E-state index in [2.05, 4.69) is 34.3 Å². The van der Waals surface area contributed by atoms with Crippen LogP contribution in [-0.2, 0) is 4.79 Å². The van der Waals surface area contributed by atoms with Gasteiger partial charge in [0.1, 0.15) is 6.10 Å². The van der Waals surface area contributed by atoms with Crippen molar-refractivity contribution in [1.82, 2.24) is 0 Å². The second kappa shape index (κ2) is 4.67. The van der Waals surface area contributed by atoms with Gasteiger partial charge in [-0.05, 0) is 48.3 Å². The molecular weight excluding hydrogens is 276 g/mol. The summed E-state index contributed by atoms with van der Waals surface area (Å²) in [4.78, 5) is 12.7. The van der Waals surface area contributed by atoms with E-state index in [4.69, 9.17) is 0 Å². The van der Waals surface area contributed by atoms with Crippen LogP contribution in [0.3, 0.4) is 0 Å². The summed E-state index contributed by atoms with van der Waals surface area (Å²) < 4.78 is 0. The predicted molar refractivity (Wildman–Crippen MR) is 86.2 cm³/mol. The van der Waals surface area contributed by atoms with Crippen LogP contribution < -0.4 is 0 Å². The third kappa shape index (κ3) is 1.73. The fraction of sp³-hybridized carbons (Fsp3) is 0.842. The minimum Gasteiger partial charge on any atom is -0.392 e. The monoisotopic (exact) mass is 306 g/mol. The van der Waals surface area contributed by atoms with Gasteiger partial charge in [0.15, 0.2) is 5.78 Å². The van der Waals surface area contributed by atoms with Gasteiger partial charge >= 0.3 is 0 Å². The van der Waals surface area contributed by atoms with E-state index < -0.39 is 12.2 Å². The van der Waals surface area contributed by atoms with E-state index in [0.29, 0.717) is 12.3 Å². The maximum atomic E-state index is 12.7. The van der Waals surface area contributed by atoms with E-state index in [0.717, 1.165) is 19.3 Å². The molecular formula is C19H30O3. The molecule has 3 nitrogen and oxygen atoms in total. The Morgan fingerprint density at radius 2 is 1.82 bits per heavy atom. The standard InChI is InChI=1S/C19H30O3/c1-6-17(4)7-8-18(5)11(2)9-19(12(3)16(17)22)10-13(20)14(21)15(18)19/h6,11-13,15-16,20,22H,1,7-10H2,2-5H3/t11-,12+,13+,15+,16+,17-,18-,19+/m1/s1. The Morgan fingerprint density at radius 3 is 2.41 bits per heavy atom. The van der Waals surface area contributed by atoms with Crippen molar-refractivity contribution in [1.29, 1.82) is 0 Å². The van der Waals surface area contributed by atoms with Crippen LogP contribution in [0.5, 0.6) is 0 Å². The maximum absolute atomic E-state index is 12.7. The molecule has 0 amide bonds. The van der Waals surface area contributed by atoms with Gasteiger partial charge in [0.05, 0.1) is 6.10 Å². The van der Waals surface area contributed by atoms with Crippen LogP contribution in [0, 0.1) is 34.0 Å². The minimum atomic E-state index is -0.848. The van der Waals surface area contributed by atoms with Gasteiger partial charge in [-0.3, -0.25) is 4.79 Å². The number of Topliss-reactive ketones (excluding diaryl/α,β-unsaturated/α-hetero) is 1. The van der Waals surface area contributed by atoms with Crippen LogP contribution in [0.2, 0.25) is 0 Å². The topological polar surface area (TPSA) is 57.5 Å². The molecule has 0 unspecified atom stereocenters. The molecule has 0 aromatic heterocycles. The van der Waals surface area contributed by atoms with Crippen molar-refractivity contribution < 1.29 is 15.0 Å². The third-order valence-corrected chi connectivity index (χ3v) is 7.96. The van der Waals surface area contributed by atoms with Crippen molar-refractivity contribution in [3.8, 4) is 0 Å². The van der Waals surface area contributed by atoms with Gasteiger partial charge in [-0.1, -0.05) is 33.8 Å². The molecule has 3 fully saturated rings. The molecule has 3 saturated carbocycles. The fourth-order valence-electron chi connectivity index (χ4n) is 6.15. The van der Waals surface area contributed by atoms with Gasteiger partial charge in [0, 0.05) is 11.3 Å². The lowest BCUT2D eigenvalue weighted by Crippen LogP contribution is -2.49. The van der Waals surface area contributed by atoms with Crippen molar-refractivity contribution in [3.63, 3.8) is 0 Å². The molecule has 3 heteroatoms. The Labute approximate surface area is 133 Å². The Morgan fingerprint density at radius 1 is 1.18 bits per heavy atom. The zero-order chi connectivity index (χ0) is 16.5. The van der Waals surface area contributed by atoms with Gasteiger partial charge in [0.2, 0.25) is 0 Å². The summed E-state index contributed by atoms with van der Waals surface area (Å²) in [5, 5.41) is 21.3. The molecule has 22 heavy (non-hydrogen) atoms. The van der Waals surface area contributed by atoms with E-state index in [1.54, 1.807) is 0 Å². The lowest BCUT2D eigenvalue weighted by Gasteiger charge is -2.49. The number of carbonyl (C=O) groups is 1. The number of aliphatic hydroxyl groups excluding tert-OH is 2. The van der Waals surface area contributed by atoms with E-state index in [1.807, 2.05) is 6.08 Å². The average Bonchev–Trinajstić information content (AvgIpc) is 2.86. The highest BCUT2D eigenvalue weighted by Crippen LogP contribution is 2.70. The van der Waals surface area contributed by atoms with Gasteiger partial charge in [-0.2, -0.15) is 0 Å². The lowest BCUT2D eigenvalue weighted by atomic mass is 9.56. The first-order valence-corrected chi connectivity index (χ1v) is 8.66. The number of hydrogen-bond acceptors (Lipinski definition) is 3. The van der Waals surface area contributed by atoms with Crippen molar-refractivity contribution in [3.05, 3.63) is 12.7 Å². The number of rotatable bonds is 1. The summed E-state index contributed by atoms with van der Waals surface area (Å²) in [7, 11) is 0. The highest BCUT2D eigenvalue weighted by atomic mass is 16.3. The summed E-state index contributed by atoms with van der Waals surface area (Å²) in [6, 6.07) is 0. The number of ketones is 1. The molecule has 3 aliphatic carbocycles. The summed E-state index contributed by atoms with van der Waals surface area (Å²) in [5.74, 6) is 0.346. The molecule has 0 aromatic rings. The average molecular weight is 306 g/mol. The molecule has 124 valence electrons. The van der Waals surface area contributed by atoms with Crippen LogP contribution in [0.15, 0.2) is 12.7 Å². The van der Waals surface area contributed by atoms with E-state index in [9.17, 15) is 15.0 Å². The Hall–Kier alpha value is -0.670. The molecule has 0 spiro atoms. The van der Waals surface area contributed by atoms with Crippen LogP contribution in [-0.4, -0.2) is 28.2 Å². The highest BCUT2D eigenvalue weighted by molar-refractivity contribution is 5.90. The van der Waals surface area contributed by atoms with Crippen LogP contribution in [0.4, 0.5) is 0 Å². The van der Waals surface area contributed by atoms with Gasteiger partial charge in [0.25, 0.3) is 0 Å². The summed E-state index contributed by atoms with van der Waals surface area (Å²) in [5.41, 5.74) is -0.651. The predicted octanol–water partition coefficient (Wildman–Crippen LogP) is 2.95. The maximum Gasteiger partial charge on any atom is 0.165 e. The molecule has 8 atom stereocenters. The molecule has 2 N–H and O–H groups in total. The third-order valence-electron chi connectivity index (χ3n) is 7.96. The van der Waals surface area contributed by atoms with Crippen LogP contribution in [0.1, 0.15) is 53.4 Å². The highest BCUT2D eigenvalue weighted by Gasteiger charge is 2.69. The van der Waals surface area contributed by atoms with Crippen molar-refractivity contribution in [2.45, 2.75) is 65.6 Å². The quantitative estimate of drug-likeness (QED) is 0.732. The molecule has 0 saturated heterocycles. The number of carbonyl (C=O) groups excluding carboxylic acids is 1. The SMILES string of the molecule is C=C[C@]1(C)CC[C@]2(C)[C@H](C)C[C@]3(C[C@H](O)C(=O)[C@@H]23)[C@@H](C)[C@@H]1O. The van der Waals surface area contributed by atoms with E-state index in [-0.39, 0.29) is 33.9 Å². The van der Waals surface area contributed by atoms with Crippen molar-refractivity contribution in [2.75, 3.05) is 0 Å². The molecule has 0 aromatic carbocycles. The first-order chi connectivity index (χ1) is 10.1. The molecule has 0 aliphatic heterocycles. The summed E-state index contributed by atoms with van der Waals surface area (Å²) in [6.45, 7) is 12.6. The zero-order valence-corrected chi connectivity index (χ0v) is 14.3. The van der Waals surface area contributed by atoms with E-state index >= 15 is 0 Å². The summed E-state index contributed by atoms with van der Waals surface area (Å²) in [6.07, 6.45) is 3.74. The van der Waals surface area contributed by atoms with Gasteiger partial charge < -0.3 is 10.2 Å². The normalized spacial score (nSPS) is 58.1. The van der Waals surface area contributed by atoms with Crippen molar-refractivity contribution in [2.24, 2.45) is 34.0 Å². The number of aliphatic hydroxyl groups is 2. The van der Waals surface area contributed by atoms with Crippen LogP contribution in [0.25, 0.3) is 0 Å². The number of hydrogen-bond donors (Lipinski definition) is 2. The Bertz CT molecular complexity index is 515. The Kier molecular flexibility index (Phi) is 3.44. The largest absolute Gasteiger partial charge is 0.392 e.